The standard InChI is InChI=1S/C11H16N4O3/c12-6-1-3-7(4-2-6)14-9(16)8-5-13-11(18)15-10(8)17/h5-7H,1-4,12H2,(H,14,16)(H2,13,15,17,18). The molecular formula is C11H16N4O3. The number of H-pyrrole nitrogens is 2. The number of carbonyl (C=O) groups is 1. The Bertz CT molecular complexity index is 540. The van der Waals surface area contributed by atoms with Crippen LogP contribution < -0.4 is 22.3 Å². The van der Waals surface area contributed by atoms with E-state index in [9.17, 15) is 14.4 Å². The molecule has 7 heteroatoms. The molecule has 98 valence electrons. The van der Waals surface area contributed by atoms with Crippen LogP contribution in [0.3, 0.4) is 0 Å². The fraction of sp³-hybridized carbons (Fsp3) is 0.545. The topological polar surface area (TPSA) is 121 Å². The van der Waals surface area contributed by atoms with Gasteiger partial charge in [0.25, 0.3) is 11.5 Å². The average Bonchev–Trinajstić information content (AvgIpc) is 2.32. The Balaban J connectivity index is 2.04. The van der Waals surface area contributed by atoms with E-state index in [2.05, 4.69) is 10.3 Å². The van der Waals surface area contributed by atoms with Crippen LogP contribution in [-0.2, 0) is 0 Å². The van der Waals surface area contributed by atoms with Gasteiger partial charge in [-0.3, -0.25) is 14.6 Å². The molecule has 0 radical (unpaired) electrons. The summed E-state index contributed by atoms with van der Waals surface area (Å²) < 4.78 is 0. The van der Waals surface area contributed by atoms with Gasteiger partial charge in [0.15, 0.2) is 0 Å². The average molecular weight is 252 g/mol. The first kappa shape index (κ1) is 12.6. The molecule has 2 rings (SSSR count). The van der Waals surface area contributed by atoms with Crippen molar-refractivity contribution in [2.75, 3.05) is 0 Å². The smallest absolute Gasteiger partial charge is 0.325 e. The van der Waals surface area contributed by atoms with Crippen molar-refractivity contribution in [2.45, 2.75) is 37.8 Å². The van der Waals surface area contributed by atoms with Gasteiger partial charge in [0.1, 0.15) is 5.56 Å². The summed E-state index contributed by atoms with van der Waals surface area (Å²) in [6, 6.07) is 0.248. The van der Waals surface area contributed by atoms with Crippen molar-refractivity contribution in [3.63, 3.8) is 0 Å². The van der Waals surface area contributed by atoms with Crippen LogP contribution in [0.15, 0.2) is 15.8 Å². The summed E-state index contributed by atoms with van der Waals surface area (Å²) in [7, 11) is 0. The summed E-state index contributed by atoms with van der Waals surface area (Å²) in [6.45, 7) is 0. The normalized spacial score (nSPS) is 23.6. The number of hydrogen-bond acceptors (Lipinski definition) is 4. The number of nitrogens with one attached hydrogen (secondary N) is 3. The van der Waals surface area contributed by atoms with Crippen molar-refractivity contribution in [1.29, 1.82) is 0 Å². The molecule has 0 atom stereocenters. The second-order valence-corrected chi connectivity index (χ2v) is 4.57. The zero-order valence-corrected chi connectivity index (χ0v) is 9.86. The van der Waals surface area contributed by atoms with Crippen LogP contribution in [0.5, 0.6) is 0 Å². The molecule has 1 heterocycles. The minimum atomic E-state index is -0.677. The number of hydrogen-bond donors (Lipinski definition) is 4. The van der Waals surface area contributed by atoms with Gasteiger partial charge >= 0.3 is 5.69 Å². The maximum atomic E-state index is 11.8. The summed E-state index contributed by atoms with van der Waals surface area (Å²) in [5.74, 6) is -0.465. The first-order valence-corrected chi connectivity index (χ1v) is 5.94. The molecular weight excluding hydrogens is 236 g/mol. The lowest BCUT2D eigenvalue weighted by molar-refractivity contribution is 0.0924. The fourth-order valence-electron chi connectivity index (χ4n) is 2.11. The Morgan fingerprint density at radius 2 is 1.94 bits per heavy atom. The van der Waals surface area contributed by atoms with Crippen LogP contribution in [0.25, 0.3) is 0 Å². The number of rotatable bonds is 2. The highest BCUT2D eigenvalue weighted by molar-refractivity contribution is 5.93. The minimum Gasteiger partial charge on any atom is -0.349 e. The van der Waals surface area contributed by atoms with E-state index in [1.165, 1.54) is 0 Å². The monoisotopic (exact) mass is 252 g/mol. The van der Waals surface area contributed by atoms with Gasteiger partial charge in [-0.1, -0.05) is 0 Å². The summed E-state index contributed by atoms with van der Waals surface area (Å²) >= 11 is 0. The minimum absolute atomic E-state index is 0.0450. The van der Waals surface area contributed by atoms with Crippen molar-refractivity contribution >= 4 is 5.91 Å². The van der Waals surface area contributed by atoms with Crippen LogP contribution in [0.2, 0.25) is 0 Å². The van der Waals surface area contributed by atoms with Crippen molar-refractivity contribution < 1.29 is 4.79 Å². The van der Waals surface area contributed by atoms with E-state index < -0.39 is 17.2 Å². The van der Waals surface area contributed by atoms with Crippen LogP contribution in [0.4, 0.5) is 0 Å². The Morgan fingerprint density at radius 3 is 2.56 bits per heavy atom. The molecule has 0 unspecified atom stereocenters. The molecule has 7 nitrogen and oxygen atoms in total. The van der Waals surface area contributed by atoms with Gasteiger partial charge in [-0.15, -0.1) is 0 Å². The van der Waals surface area contributed by atoms with Gasteiger partial charge in [-0.2, -0.15) is 0 Å². The van der Waals surface area contributed by atoms with Gasteiger partial charge in [0.05, 0.1) is 0 Å². The SMILES string of the molecule is NC1CCC(NC(=O)c2c[nH]c(=O)[nH]c2=O)CC1. The number of carbonyl (C=O) groups excluding carboxylic acids is 1. The van der Waals surface area contributed by atoms with E-state index in [-0.39, 0.29) is 17.6 Å². The first-order chi connectivity index (χ1) is 8.56. The molecule has 0 saturated heterocycles. The predicted octanol–water partition coefficient (Wildman–Crippen LogP) is -0.937. The van der Waals surface area contributed by atoms with Crippen LogP contribution in [-0.4, -0.2) is 28.0 Å². The number of nitrogens with two attached hydrogens (primary N) is 1. The Labute approximate surface area is 103 Å². The molecule has 1 aliphatic carbocycles. The van der Waals surface area contributed by atoms with Crippen LogP contribution in [0.1, 0.15) is 36.0 Å². The predicted molar refractivity (Wildman–Crippen MR) is 65.4 cm³/mol. The van der Waals surface area contributed by atoms with E-state index >= 15 is 0 Å². The molecule has 1 aliphatic rings. The van der Waals surface area contributed by atoms with Crippen LogP contribution >= 0.6 is 0 Å². The second kappa shape index (κ2) is 5.18. The molecule has 0 aliphatic heterocycles. The Morgan fingerprint density at radius 1 is 1.28 bits per heavy atom. The fourth-order valence-corrected chi connectivity index (χ4v) is 2.11. The highest BCUT2D eigenvalue weighted by Gasteiger charge is 2.21. The van der Waals surface area contributed by atoms with Gasteiger partial charge in [-0.25, -0.2) is 4.79 Å². The molecule has 5 N–H and O–H groups in total. The van der Waals surface area contributed by atoms with Gasteiger partial charge < -0.3 is 16.0 Å². The quantitative estimate of drug-likeness (QED) is 0.543. The van der Waals surface area contributed by atoms with Gasteiger partial charge in [0.2, 0.25) is 0 Å². The lowest BCUT2D eigenvalue weighted by Gasteiger charge is -2.26. The van der Waals surface area contributed by atoms with Crippen molar-refractivity contribution in [3.8, 4) is 0 Å². The number of aromatic nitrogens is 2. The molecule has 1 aromatic heterocycles. The van der Waals surface area contributed by atoms with E-state index in [1.54, 1.807) is 0 Å². The van der Waals surface area contributed by atoms with E-state index in [1.807, 2.05) is 4.98 Å². The zero-order chi connectivity index (χ0) is 13.1. The highest BCUT2D eigenvalue weighted by atomic mass is 16.2. The van der Waals surface area contributed by atoms with Crippen molar-refractivity contribution in [2.24, 2.45) is 5.73 Å². The molecule has 1 amide bonds. The van der Waals surface area contributed by atoms with E-state index in [0.717, 1.165) is 31.9 Å². The lowest BCUT2D eigenvalue weighted by atomic mass is 9.92. The maximum absolute atomic E-state index is 11.8. The molecule has 0 spiro atoms. The molecule has 18 heavy (non-hydrogen) atoms. The molecule has 1 saturated carbocycles. The first-order valence-electron chi connectivity index (χ1n) is 5.94. The van der Waals surface area contributed by atoms with E-state index in [0.29, 0.717) is 0 Å². The zero-order valence-electron chi connectivity index (χ0n) is 9.86. The van der Waals surface area contributed by atoms with Gasteiger partial charge in [0, 0.05) is 18.3 Å². The maximum Gasteiger partial charge on any atom is 0.325 e. The van der Waals surface area contributed by atoms with Crippen LogP contribution in [0, 0.1) is 0 Å². The summed E-state index contributed by atoms with van der Waals surface area (Å²) in [5, 5.41) is 2.78. The third-order valence-corrected chi connectivity index (χ3v) is 3.17. The van der Waals surface area contributed by atoms with Crippen molar-refractivity contribution in [3.05, 3.63) is 32.6 Å². The Kier molecular flexibility index (Phi) is 3.61. The summed E-state index contributed by atoms with van der Waals surface area (Å²) in [5.41, 5.74) is 4.39. The number of aromatic amines is 2. The largest absolute Gasteiger partial charge is 0.349 e. The summed E-state index contributed by atoms with van der Waals surface area (Å²) in [6.07, 6.45) is 4.49. The van der Waals surface area contributed by atoms with Crippen molar-refractivity contribution in [1.82, 2.24) is 15.3 Å². The third-order valence-electron chi connectivity index (χ3n) is 3.17. The highest BCUT2D eigenvalue weighted by Crippen LogP contribution is 2.16. The van der Waals surface area contributed by atoms with E-state index in [4.69, 9.17) is 5.73 Å². The second-order valence-electron chi connectivity index (χ2n) is 4.57. The lowest BCUT2D eigenvalue weighted by Crippen LogP contribution is -2.42. The molecule has 1 aromatic rings. The Hall–Kier alpha value is -1.89. The molecule has 0 bridgehead atoms. The molecule has 1 fully saturated rings. The molecule has 0 aromatic carbocycles. The summed E-state index contributed by atoms with van der Waals surface area (Å²) in [4.78, 5) is 38.4. The number of amides is 1. The third kappa shape index (κ3) is 2.86. The van der Waals surface area contributed by atoms with Gasteiger partial charge in [-0.05, 0) is 25.7 Å².